The van der Waals surface area contributed by atoms with Gasteiger partial charge < -0.3 is 10.2 Å². The predicted octanol–water partition coefficient (Wildman–Crippen LogP) is 2.95. The molecule has 0 aromatic heterocycles. The minimum absolute atomic E-state index is 0.0255. The fourth-order valence-corrected chi connectivity index (χ4v) is 2.88. The zero-order valence-corrected chi connectivity index (χ0v) is 13.6. The van der Waals surface area contributed by atoms with Gasteiger partial charge in [0.1, 0.15) is 0 Å². The maximum absolute atomic E-state index is 12.4. The van der Waals surface area contributed by atoms with Crippen molar-refractivity contribution in [2.24, 2.45) is 0 Å². The molecule has 1 fully saturated rings. The van der Waals surface area contributed by atoms with Crippen molar-refractivity contribution < 1.29 is 4.79 Å². The Hall–Kier alpha value is -1.35. The van der Waals surface area contributed by atoms with E-state index in [2.05, 4.69) is 43.4 Å². The van der Waals surface area contributed by atoms with Crippen molar-refractivity contribution in [1.29, 1.82) is 0 Å². The van der Waals surface area contributed by atoms with E-state index in [4.69, 9.17) is 0 Å². The number of amides is 1. The number of likely N-dealkylation sites (tertiary alicyclic amines) is 1. The minimum Gasteiger partial charge on any atom is -0.341 e. The van der Waals surface area contributed by atoms with Gasteiger partial charge in [-0.05, 0) is 31.7 Å². The average molecular weight is 288 g/mol. The van der Waals surface area contributed by atoms with Crippen LogP contribution in [0.25, 0.3) is 0 Å². The molecule has 2 rings (SSSR count). The van der Waals surface area contributed by atoms with Crippen molar-refractivity contribution >= 4 is 5.91 Å². The molecule has 3 heteroatoms. The summed E-state index contributed by atoms with van der Waals surface area (Å²) in [7, 11) is 0. The van der Waals surface area contributed by atoms with Gasteiger partial charge in [0.15, 0.2) is 0 Å². The van der Waals surface area contributed by atoms with E-state index in [1.807, 2.05) is 17.9 Å². The van der Waals surface area contributed by atoms with Gasteiger partial charge >= 0.3 is 0 Å². The van der Waals surface area contributed by atoms with Crippen LogP contribution in [0.4, 0.5) is 0 Å². The molecule has 0 bridgehead atoms. The lowest BCUT2D eigenvalue weighted by Gasteiger charge is -2.32. The zero-order valence-electron chi connectivity index (χ0n) is 13.6. The molecule has 116 valence electrons. The van der Waals surface area contributed by atoms with E-state index in [0.29, 0.717) is 0 Å². The van der Waals surface area contributed by atoms with Gasteiger partial charge in [-0.25, -0.2) is 0 Å². The Morgan fingerprint density at radius 1 is 1.19 bits per heavy atom. The molecule has 0 radical (unpaired) electrons. The molecule has 0 saturated carbocycles. The van der Waals surface area contributed by atoms with E-state index in [0.717, 1.165) is 32.5 Å². The average Bonchev–Trinajstić information content (AvgIpc) is 2.53. The van der Waals surface area contributed by atoms with Crippen molar-refractivity contribution in [3.8, 4) is 0 Å². The highest BCUT2D eigenvalue weighted by Gasteiger charge is 2.25. The third-order valence-electron chi connectivity index (χ3n) is 4.44. The van der Waals surface area contributed by atoms with Crippen molar-refractivity contribution in [1.82, 2.24) is 10.2 Å². The van der Waals surface area contributed by atoms with E-state index in [1.54, 1.807) is 0 Å². The topological polar surface area (TPSA) is 32.3 Å². The maximum Gasteiger partial charge on any atom is 0.239 e. The van der Waals surface area contributed by atoms with Crippen molar-refractivity contribution in [2.75, 3.05) is 19.6 Å². The summed E-state index contributed by atoms with van der Waals surface area (Å²) in [6.07, 6.45) is 3.55. The Kier molecular flexibility index (Phi) is 5.40. The number of nitrogens with zero attached hydrogens (tertiary/aromatic N) is 1. The highest BCUT2D eigenvalue weighted by atomic mass is 16.2. The summed E-state index contributed by atoms with van der Waals surface area (Å²) in [6, 6.07) is 10.4. The first kappa shape index (κ1) is 16.0. The van der Waals surface area contributed by atoms with Crippen LogP contribution in [0.5, 0.6) is 0 Å². The van der Waals surface area contributed by atoms with E-state index in [1.165, 1.54) is 12.0 Å². The highest BCUT2D eigenvalue weighted by Crippen LogP contribution is 2.22. The smallest absolute Gasteiger partial charge is 0.239 e. The largest absolute Gasteiger partial charge is 0.341 e. The number of hydrogen-bond donors (Lipinski definition) is 1. The van der Waals surface area contributed by atoms with Crippen molar-refractivity contribution in [3.05, 3.63) is 35.9 Å². The van der Waals surface area contributed by atoms with E-state index >= 15 is 0 Å². The summed E-state index contributed by atoms with van der Waals surface area (Å²) in [5.74, 6) is 0.249. The third kappa shape index (κ3) is 4.31. The van der Waals surface area contributed by atoms with Crippen LogP contribution in [-0.2, 0) is 10.2 Å². The molecule has 0 spiro atoms. The number of nitrogens with one attached hydrogen (secondary N) is 1. The fraction of sp³-hybridized carbons (Fsp3) is 0.611. The molecule has 1 saturated heterocycles. The molecular formula is C18H28N2O. The molecule has 1 aromatic rings. The standard InChI is InChI=1S/C18H28N2O/c1-15(17(21)20-12-8-5-9-13-20)19-14-18(2,3)16-10-6-4-7-11-16/h4,6-7,10-11,15,19H,5,8-9,12-14H2,1-3H3. The fourth-order valence-electron chi connectivity index (χ4n) is 2.88. The van der Waals surface area contributed by atoms with Gasteiger partial charge in [-0.2, -0.15) is 0 Å². The molecule has 1 amide bonds. The van der Waals surface area contributed by atoms with Crippen LogP contribution in [0.1, 0.15) is 45.6 Å². The first-order valence-corrected chi connectivity index (χ1v) is 8.08. The molecule has 0 aliphatic carbocycles. The van der Waals surface area contributed by atoms with Gasteiger partial charge in [0.05, 0.1) is 6.04 Å². The lowest BCUT2D eigenvalue weighted by Crippen LogP contribution is -2.49. The van der Waals surface area contributed by atoms with Crippen LogP contribution in [0.2, 0.25) is 0 Å². The van der Waals surface area contributed by atoms with Crippen LogP contribution < -0.4 is 5.32 Å². The summed E-state index contributed by atoms with van der Waals surface area (Å²) < 4.78 is 0. The summed E-state index contributed by atoms with van der Waals surface area (Å²) >= 11 is 0. The van der Waals surface area contributed by atoms with Crippen LogP contribution >= 0.6 is 0 Å². The molecule has 1 aliphatic heterocycles. The van der Waals surface area contributed by atoms with Crippen LogP contribution in [0, 0.1) is 0 Å². The summed E-state index contributed by atoms with van der Waals surface area (Å²) in [5, 5.41) is 3.43. The number of rotatable bonds is 5. The highest BCUT2D eigenvalue weighted by molar-refractivity contribution is 5.81. The monoisotopic (exact) mass is 288 g/mol. The van der Waals surface area contributed by atoms with Crippen LogP contribution in [-0.4, -0.2) is 36.5 Å². The molecule has 1 N–H and O–H groups in total. The Balaban J connectivity index is 1.88. The molecular weight excluding hydrogens is 260 g/mol. The Morgan fingerprint density at radius 3 is 2.43 bits per heavy atom. The van der Waals surface area contributed by atoms with E-state index in [-0.39, 0.29) is 17.4 Å². The quantitative estimate of drug-likeness (QED) is 0.903. The molecule has 1 unspecified atom stereocenters. The molecule has 21 heavy (non-hydrogen) atoms. The van der Waals surface area contributed by atoms with Gasteiger partial charge in [-0.3, -0.25) is 4.79 Å². The van der Waals surface area contributed by atoms with E-state index < -0.39 is 0 Å². The lowest BCUT2D eigenvalue weighted by molar-refractivity contribution is -0.133. The second kappa shape index (κ2) is 7.08. The SMILES string of the molecule is CC(NCC(C)(C)c1ccccc1)C(=O)N1CCCCC1. The zero-order chi connectivity index (χ0) is 15.3. The number of piperidine rings is 1. The van der Waals surface area contributed by atoms with Crippen LogP contribution in [0.15, 0.2) is 30.3 Å². The summed E-state index contributed by atoms with van der Waals surface area (Å²) in [4.78, 5) is 14.4. The van der Waals surface area contributed by atoms with Gasteiger partial charge in [-0.15, -0.1) is 0 Å². The first-order chi connectivity index (χ1) is 10.0. The Bertz CT molecular complexity index is 450. The second-order valence-corrected chi connectivity index (χ2v) is 6.74. The number of carbonyl (C=O) groups is 1. The first-order valence-electron chi connectivity index (χ1n) is 8.08. The number of hydrogen-bond acceptors (Lipinski definition) is 2. The van der Waals surface area contributed by atoms with Gasteiger partial charge in [-0.1, -0.05) is 44.2 Å². The number of benzene rings is 1. The maximum atomic E-state index is 12.4. The second-order valence-electron chi connectivity index (χ2n) is 6.74. The normalized spacial score (nSPS) is 17.6. The minimum atomic E-state index is -0.105. The number of carbonyl (C=O) groups excluding carboxylic acids is 1. The molecule has 1 aromatic carbocycles. The van der Waals surface area contributed by atoms with Crippen LogP contribution in [0.3, 0.4) is 0 Å². The summed E-state index contributed by atoms with van der Waals surface area (Å²) in [6.45, 7) is 9.07. The summed E-state index contributed by atoms with van der Waals surface area (Å²) in [5.41, 5.74) is 1.33. The molecule has 1 atom stereocenters. The Labute approximate surface area is 128 Å². The lowest BCUT2D eigenvalue weighted by atomic mass is 9.84. The molecule has 1 aliphatic rings. The van der Waals surface area contributed by atoms with Gasteiger partial charge in [0.2, 0.25) is 5.91 Å². The Morgan fingerprint density at radius 2 is 1.81 bits per heavy atom. The van der Waals surface area contributed by atoms with Gasteiger partial charge in [0.25, 0.3) is 0 Å². The molecule has 3 nitrogen and oxygen atoms in total. The molecule has 1 heterocycles. The van der Waals surface area contributed by atoms with Crippen molar-refractivity contribution in [3.63, 3.8) is 0 Å². The van der Waals surface area contributed by atoms with Gasteiger partial charge in [0, 0.05) is 25.0 Å². The van der Waals surface area contributed by atoms with E-state index in [9.17, 15) is 4.79 Å². The van der Waals surface area contributed by atoms with Crippen molar-refractivity contribution in [2.45, 2.75) is 51.5 Å². The predicted molar refractivity (Wildman–Crippen MR) is 87.4 cm³/mol. The third-order valence-corrected chi connectivity index (χ3v) is 4.44.